The summed E-state index contributed by atoms with van der Waals surface area (Å²) in [5, 5.41) is 14.3. The first-order valence-corrected chi connectivity index (χ1v) is 5.26. The van der Waals surface area contributed by atoms with E-state index in [1.807, 2.05) is 0 Å². The molecule has 0 fully saturated rings. The number of urea groups is 1. The number of hydrogen-bond acceptors (Lipinski definition) is 2. The highest BCUT2D eigenvalue weighted by molar-refractivity contribution is 5.99. The van der Waals surface area contributed by atoms with Crippen molar-refractivity contribution in [1.82, 2.24) is 0 Å². The number of carbonyl (C=O) groups excluding carboxylic acids is 1. The van der Waals surface area contributed by atoms with Crippen LogP contribution in [0.25, 0.3) is 0 Å². The van der Waals surface area contributed by atoms with Crippen molar-refractivity contribution in [3.8, 4) is 5.75 Å². The zero-order chi connectivity index (χ0) is 13.0. The lowest BCUT2D eigenvalue weighted by molar-refractivity contribution is 0.262. The Kier molecular flexibility index (Phi) is 3.43. The quantitative estimate of drug-likeness (QED) is 0.762. The molecule has 0 atom stereocenters. The summed E-state index contributed by atoms with van der Waals surface area (Å²) in [6.07, 6.45) is 0. The van der Waals surface area contributed by atoms with Crippen LogP contribution in [0.5, 0.6) is 5.75 Å². The van der Waals surface area contributed by atoms with E-state index >= 15 is 0 Å². The third-order valence-electron chi connectivity index (χ3n) is 2.21. The Morgan fingerprint density at radius 1 is 1.00 bits per heavy atom. The Hall–Kier alpha value is -2.56. The minimum absolute atomic E-state index is 0.0644. The second kappa shape index (κ2) is 5.18. The Balaban J connectivity index is 1.98. The Morgan fingerprint density at radius 3 is 2.33 bits per heavy atom. The van der Waals surface area contributed by atoms with E-state index in [2.05, 4.69) is 10.6 Å². The van der Waals surface area contributed by atoms with Gasteiger partial charge in [0.25, 0.3) is 0 Å². The summed E-state index contributed by atoms with van der Waals surface area (Å²) in [7, 11) is 0. The van der Waals surface area contributed by atoms with Crippen molar-refractivity contribution in [3.63, 3.8) is 0 Å². The van der Waals surface area contributed by atoms with Gasteiger partial charge in [-0.3, -0.25) is 0 Å². The van der Waals surface area contributed by atoms with Crippen LogP contribution in [0.1, 0.15) is 0 Å². The highest BCUT2D eigenvalue weighted by atomic mass is 19.1. The fourth-order valence-corrected chi connectivity index (χ4v) is 1.41. The molecule has 0 aliphatic carbocycles. The van der Waals surface area contributed by atoms with E-state index in [1.54, 1.807) is 12.1 Å². The molecule has 0 bridgehead atoms. The molecule has 0 aliphatic rings. The normalized spacial score (nSPS) is 9.83. The number of halogens is 1. The van der Waals surface area contributed by atoms with Crippen LogP contribution in [-0.2, 0) is 0 Å². The number of nitrogens with one attached hydrogen (secondary N) is 2. The topological polar surface area (TPSA) is 61.4 Å². The molecule has 92 valence electrons. The zero-order valence-corrected chi connectivity index (χ0v) is 9.35. The van der Waals surface area contributed by atoms with Gasteiger partial charge in [0, 0.05) is 17.4 Å². The van der Waals surface area contributed by atoms with Gasteiger partial charge in [0.1, 0.15) is 11.6 Å². The average molecular weight is 246 g/mol. The van der Waals surface area contributed by atoms with Crippen molar-refractivity contribution in [2.45, 2.75) is 0 Å². The monoisotopic (exact) mass is 246 g/mol. The number of carbonyl (C=O) groups is 1. The lowest BCUT2D eigenvalue weighted by Crippen LogP contribution is -2.19. The molecular weight excluding hydrogens is 235 g/mol. The second-order valence-electron chi connectivity index (χ2n) is 3.64. The van der Waals surface area contributed by atoms with Crippen LogP contribution in [0.4, 0.5) is 20.6 Å². The number of aromatic hydroxyl groups is 1. The molecule has 2 aromatic carbocycles. The highest BCUT2D eigenvalue weighted by Gasteiger charge is 2.03. The molecule has 0 saturated heterocycles. The van der Waals surface area contributed by atoms with E-state index in [4.69, 9.17) is 0 Å². The number of hydrogen-bond donors (Lipinski definition) is 3. The van der Waals surface area contributed by atoms with Gasteiger partial charge in [-0.15, -0.1) is 0 Å². The van der Waals surface area contributed by atoms with E-state index < -0.39 is 6.03 Å². The molecule has 0 radical (unpaired) electrons. The first kappa shape index (κ1) is 11.9. The van der Waals surface area contributed by atoms with Crippen LogP contribution in [-0.4, -0.2) is 11.1 Å². The largest absolute Gasteiger partial charge is 0.508 e. The van der Waals surface area contributed by atoms with Gasteiger partial charge in [-0.2, -0.15) is 0 Å². The lowest BCUT2D eigenvalue weighted by atomic mass is 10.3. The maximum Gasteiger partial charge on any atom is 0.323 e. The maximum atomic E-state index is 12.7. The fraction of sp³-hybridized carbons (Fsp3) is 0. The van der Waals surface area contributed by atoms with Crippen LogP contribution in [0.2, 0.25) is 0 Å². The van der Waals surface area contributed by atoms with Crippen LogP contribution >= 0.6 is 0 Å². The predicted molar refractivity (Wildman–Crippen MR) is 67.1 cm³/mol. The molecule has 3 N–H and O–H groups in total. The molecule has 0 unspecified atom stereocenters. The number of anilines is 2. The first-order valence-electron chi connectivity index (χ1n) is 5.26. The van der Waals surface area contributed by atoms with E-state index in [0.717, 1.165) is 0 Å². The van der Waals surface area contributed by atoms with Gasteiger partial charge >= 0.3 is 6.03 Å². The third kappa shape index (κ3) is 3.21. The first-order chi connectivity index (χ1) is 8.63. The van der Waals surface area contributed by atoms with Gasteiger partial charge in [-0.05, 0) is 36.4 Å². The molecule has 2 amide bonds. The highest BCUT2D eigenvalue weighted by Crippen LogP contribution is 2.16. The average Bonchev–Trinajstić information content (AvgIpc) is 2.32. The number of amides is 2. The molecule has 18 heavy (non-hydrogen) atoms. The van der Waals surface area contributed by atoms with Crippen molar-refractivity contribution >= 4 is 17.4 Å². The molecule has 5 heteroatoms. The minimum Gasteiger partial charge on any atom is -0.508 e. The number of benzene rings is 2. The lowest BCUT2D eigenvalue weighted by Gasteiger charge is -2.07. The summed E-state index contributed by atoms with van der Waals surface area (Å²) in [5.41, 5.74) is 0.948. The number of phenols is 1. The molecule has 4 nitrogen and oxygen atoms in total. The standard InChI is InChI=1S/C13H11FN2O2/c14-9-4-6-10(7-5-9)15-13(18)16-11-2-1-3-12(17)8-11/h1-8,17H,(H2,15,16,18). The van der Waals surface area contributed by atoms with E-state index in [0.29, 0.717) is 11.4 Å². The Labute approximate surface area is 103 Å². The number of phenolic OH excluding ortho intramolecular Hbond substituents is 1. The van der Waals surface area contributed by atoms with Crippen molar-refractivity contribution in [2.24, 2.45) is 0 Å². The van der Waals surface area contributed by atoms with Gasteiger partial charge in [0.15, 0.2) is 0 Å². The summed E-state index contributed by atoms with van der Waals surface area (Å²) in [6, 6.07) is 11.1. The van der Waals surface area contributed by atoms with Gasteiger partial charge in [0.2, 0.25) is 0 Å². The summed E-state index contributed by atoms with van der Waals surface area (Å²) in [5.74, 6) is -0.302. The predicted octanol–water partition coefficient (Wildman–Crippen LogP) is 3.18. The third-order valence-corrected chi connectivity index (χ3v) is 2.21. The number of rotatable bonds is 2. The summed E-state index contributed by atoms with van der Waals surface area (Å²) < 4.78 is 12.7. The molecular formula is C13H11FN2O2. The summed E-state index contributed by atoms with van der Waals surface area (Å²) in [6.45, 7) is 0. The molecule has 0 saturated carbocycles. The molecule has 0 spiro atoms. The van der Waals surface area contributed by atoms with Crippen molar-refractivity contribution in [3.05, 3.63) is 54.3 Å². The molecule has 0 aliphatic heterocycles. The Morgan fingerprint density at radius 2 is 1.67 bits per heavy atom. The maximum absolute atomic E-state index is 12.7. The van der Waals surface area contributed by atoms with Crippen molar-refractivity contribution < 1.29 is 14.3 Å². The van der Waals surface area contributed by atoms with Crippen LogP contribution in [0.15, 0.2) is 48.5 Å². The van der Waals surface area contributed by atoms with Crippen LogP contribution < -0.4 is 10.6 Å². The summed E-state index contributed by atoms with van der Waals surface area (Å²) >= 11 is 0. The van der Waals surface area contributed by atoms with Gasteiger partial charge in [-0.25, -0.2) is 9.18 Å². The fourth-order valence-electron chi connectivity index (χ4n) is 1.41. The van der Waals surface area contributed by atoms with Crippen molar-refractivity contribution in [1.29, 1.82) is 0 Å². The van der Waals surface area contributed by atoms with E-state index in [1.165, 1.54) is 36.4 Å². The molecule has 2 aromatic rings. The van der Waals surface area contributed by atoms with E-state index in [9.17, 15) is 14.3 Å². The summed E-state index contributed by atoms with van der Waals surface area (Å²) in [4.78, 5) is 11.6. The van der Waals surface area contributed by atoms with Crippen LogP contribution in [0.3, 0.4) is 0 Å². The molecule has 0 aromatic heterocycles. The SMILES string of the molecule is O=C(Nc1ccc(F)cc1)Nc1cccc(O)c1. The smallest absolute Gasteiger partial charge is 0.323 e. The molecule has 0 heterocycles. The van der Waals surface area contributed by atoms with Crippen LogP contribution in [0, 0.1) is 5.82 Å². The zero-order valence-electron chi connectivity index (χ0n) is 9.35. The van der Waals surface area contributed by atoms with Crippen molar-refractivity contribution in [2.75, 3.05) is 10.6 Å². The second-order valence-corrected chi connectivity index (χ2v) is 3.64. The van der Waals surface area contributed by atoms with Gasteiger partial charge in [-0.1, -0.05) is 6.07 Å². The Bertz CT molecular complexity index is 555. The van der Waals surface area contributed by atoms with Gasteiger partial charge < -0.3 is 15.7 Å². The van der Waals surface area contributed by atoms with E-state index in [-0.39, 0.29) is 11.6 Å². The minimum atomic E-state index is -0.466. The van der Waals surface area contributed by atoms with Gasteiger partial charge in [0.05, 0.1) is 0 Å². The molecule has 2 rings (SSSR count).